The third kappa shape index (κ3) is 5.60. The molecule has 2 fully saturated rings. The molecular formula is C21H32O10. The summed E-state index contributed by atoms with van der Waals surface area (Å²) in [6, 6.07) is 9.06. The second kappa shape index (κ2) is 11.1. The number of hydrogen-bond donors (Lipinski definition) is 7. The van der Waals surface area contributed by atoms with Gasteiger partial charge in [0, 0.05) is 6.42 Å². The van der Waals surface area contributed by atoms with E-state index in [2.05, 4.69) is 0 Å². The zero-order valence-corrected chi connectivity index (χ0v) is 17.1. The van der Waals surface area contributed by atoms with Gasteiger partial charge in [0.15, 0.2) is 6.29 Å². The topological polar surface area (TPSA) is 169 Å². The maximum absolute atomic E-state index is 10.6. The van der Waals surface area contributed by atoms with Crippen molar-refractivity contribution in [3.05, 3.63) is 35.9 Å². The van der Waals surface area contributed by atoms with Gasteiger partial charge >= 0.3 is 0 Å². The van der Waals surface area contributed by atoms with Crippen LogP contribution in [0.4, 0.5) is 0 Å². The second-order valence-corrected chi connectivity index (χ2v) is 8.09. The first-order valence-electron chi connectivity index (χ1n) is 10.5. The van der Waals surface area contributed by atoms with Crippen LogP contribution >= 0.6 is 0 Å². The lowest BCUT2D eigenvalue weighted by Crippen LogP contribution is -2.59. The summed E-state index contributed by atoms with van der Waals surface area (Å²) in [5, 5.41) is 69.7. The zero-order chi connectivity index (χ0) is 22.5. The molecule has 2 heterocycles. The number of aliphatic hydroxyl groups excluding tert-OH is 7. The van der Waals surface area contributed by atoms with Crippen LogP contribution in [-0.4, -0.2) is 105 Å². The van der Waals surface area contributed by atoms with Gasteiger partial charge in [-0.3, -0.25) is 0 Å². The Balaban J connectivity index is 1.70. The van der Waals surface area contributed by atoms with Crippen molar-refractivity contribution < 1.29 is 50.0 Å². The Morgan fingerprint density at radius 2 is 1.42 bits per heavy atom. The van der Waals surface area contributed by atoms with Crippen LogP contribution in [0, 0.1) is 5.92 Å². The van der Waals surface area contributed by atoms with Crippen LogP contribution in [0.15, 0.2) is 30.3 Å². The smallest absolute Gasteiger partial charge is 0.159 e. The SMILES string of the molecule is OCC(O[C@H]1C[C@@H](C[C@H]2O[C@H](CO)[C@H](O)[C@H](O)[C@H]2O)[C@H](O)[C@@H](CO)O1)c1ccccc1. The van der Waals surface area contributed by atoms with E-state index in [1.54, 1.807) is 12.1 Å². The minimum Gasteiger partial charge on any atom is -0.394 e. The van der Waals surface area contributed by atoms with Gasteiger partial charge < -0.3 is 50.0 Å². The fourth-order valence-electron chi connectivity index (χ4n) is 4.25. The van der Waals surface area contributed by atoms with Crippen molar-refractivity contribution >= 4 is 0 Å². The van der Waals surface area contributed by atoms with Crippen molar-refractivity contribution in [2.45, 2.75) is 68.0 Å². The molecule has 3 rings (SSSR count). The van der Waals surface area contributed by atoms with Crippen LogP contribution in [0.3, 0.4) is 0 Å². The summed E-state index contributed by atoms with van der Waals surface area (Å²) in [6.07, 6.45) is -9.73. The highest BCUT2D eigenvalue weighted by Crippen LogP contribution is 2.35. The first kappa shape index (κ1) is 24.5. The van der Waals surface area contributed by atoms with Crippen molar-refractivity contribution in [3.8, 4) is 0 Å². The molecule has 0 aliphatic carbocycles. The summed E-state index contributed by atoms with van der Waals surface area (Å²) in [6.45, 7) is -1.31. The molecule has 0 aromatic heterocycles. The van der Waals surface area contributed by atoms with E-state index < -0.39 is 74.3 Å². The van der Waals surface area contributed by atoms with E-state index >= 15 is 0 Å². The highest BCUT2D eigenvalue weighted by Gasteiger charge is 2.47. The molecule has 0 bridgehead atoms. The second-order valence-electron chi connectivity index (χ2n) is 8.09. The highest BCUT2D eigenvalue weighted by atomic mass is 16.7. The summed E-state index contributed by atoms with van der Waals surface area (Å²) in [5.74, 6) is -0.549. The van der Waals surface area contributed by atoms with Gasteiger partial charge in [-0.2, -0.15) is 0 Å². The van der Waals surface area contributed by atoms with Crippen LogP contribution in [0.2, 0.25) is 0 Å². The van der Waals surface area contributed by atoms with E-state index in [1.165, 1.54) is 0 Å². The van der Waals surface area contributed by atoms with Crippen molar-refractivity contribution in [1.82, 2.24) is 0 Å². The molecule has 2 aliphatic heterocycles. The van der Waals surface area contributed by atoms with E-state index in [0.717, 1.165) is 5.56 Å². The van der Waals surface area contributed by atoms with Crippen LogP contribution in [0.5, 0.6) is 0 Å². The summed E-state index contributed by atoms with van der Waals surface area (Å²) in [5.41, 5.74) is 0.741. The molecule has 7 N–H and O–H groups in total. The third-order valence-electron chi connectivity index (χ3n) is 6.05. The van der Waals surface area contributed by atoms with Crippen LogP contribution in [0.1, 0.15) is 24.5 Å². The number of rotatable bonds is 8. The van der Waals surface area contributed by atoms with Gasteiger partial charge in [-0.25, -0.2) is 0 Å². The molecule has 31 heavy (non-hydrogen) atoms. The minimum atomic E-state index is -1.51. The molecule has 0 amide bonds. The van der Waals surface area contributed by atoms with Crippen LogP contribution in [0.25, 0.3) is 0 Å². The Hall–Kier alpha value is -1.18. The quantitative estimate of drug-likeness (QED) is 0.239. The average Bonchev–Trinajstić information content (AvgIpc) is 2.80. The van der Waals surface area contributed by atoms with E-state index in [1.807, 2.05) is 18.2 Å². The normalized spacial score (nSPS) is 39.9. The molecular weight excluding hydrogens is 412 g/mol. The number of benzene rings is 1. The van der Waals surface area contributed by atoms with Gasteiger partial charge in [-0.1, -0.05) is 30.3 Å². The molecule has 0 spiro atoms. The monoisotopic (exact) mass is 444 g/mol. The number of hydrogen-bond acceptors (Lipinski definition) is 10. The molecule has 0 radical (unpaired) electrons. The van der Waals surface area contributed by atoms with Crippen LogP contribution in [-0.2, 0) is 14.2 Å². The Labute approximate surface area is 180 Å². The van der Waals surface area contributed by atoms with E-state index in [4.69, 9.17) is 14.2 Å². The summed E-state index contributed by atoms with van der Waals surface area (Å²) < 4.78 is 17.1. The molecule has 1 unspecified atom stereocenters. The lowest BCUT2D eigenvalue weighted by molar-refractivity contribution is -0.274. The predicted molar refractivity (Wildman–Crippen MR) is 106 cm³/mol. The Kier molecular flexibility index (Phi) is 8.76. The fraction of sp³-hybridized carbons (Fsp3) is 0.714. The van der Waals surface area contributed by atoms with Crippen LogP contribution < -0.4 is 0 Å². The lowest BCUT2D eigenvalue weighted by Gasteiger charge is -2.44. The van der Waals surface area contributed by atoms with Gasteiger partial charge in [0.2, 0.25) is 0 Å². The maximum Gasteiger partial charge on any atom is 0.159 e. The summed E-state index contributed by atoms with van der Waals surface area (Å²) in [4.78, 5) is 0. The molecule has 10 heteroatoms. The standard InChI is InChI=1S/C21H32O10/c22-8-14(11-4-2-1-3-5-11)30-17-7-12(18(25)15(9-23)31-17)6-13-19(26)21(28)20(27)16(10-24)29-13/h1-5,12-28H,6-10H2/t12-,13-,14?,15-,16-,17-,18+,19+,20+,21-/m1/s1. The Morgan fingerprint density at radius 1 is 0.806 bits per heavy atom. The first-order chi connectivity index (χ1) is 14.9. The molecule has 0 saturated carbocycles. The molecule has 2 saturated heterocycles. The number of aliphatic hydroxyl groups is 7. The van der Waals surface area contributed by atoms with Crippen molar-refractivity contribution in [3.63, 3.8) is 0 Å². The highest BCUT2D eigenvalue weighted by molar-refractivity contribution is 5.17. The Bertz CT molecular complexity index is 659. The largest absolute Gasteiger partial charge is 0.394 e. The molecule has 10 atom stereocenters. The Morgan fingerprint density at radius 3 is 2.03 bits per heavy atom. The van der Waals surface area contributed by atoms with Gasteiger partial charge in [0.05, 0.1) is 32.0 Å². The van der Waals surface area contributed by atoms with E-state index in [9.17, 15) is 35.7 Å². The van der Waals surface area contributed by atoms with E-state index in [0.29, 0.717) is 0 Å². The predicted octanol–water partition coefficient (Wildman–Crippen LogP) is -1.95. The zero-order valence-electron chi connectivity index (χ0n) is 17.1. The van der Waals surface area contributed by atoms with Gasteiger partial charge in [-0.05, 0) is 17.9 Å². The molecule has 1 aromatic carbocycles. The third-order valence-corrected chi connectivity index (χ3v) is 6.05. The summed E-state index contributed by atoms with van der Waals surface area (Å²) >= 11 is 0. The van der Waals surface area contributed by atoms with Gasteiger partial charge in [-0.15, -0.1) is 0 Å². The number of ether oxygens (including phenoxy) is 3. The van der Waals surface area contributed by atoms with E-state index in [-0.39, 0.29) is 19.4 Å². The molecule has 1 aromatic rings. The molecule has 2 aliphatic rings. The summed E-state index contributed by atoms with van der Waals surface area (Å²) in [7, 11) is 0. The maximum atomic E-state index is 10.6. The van der Waals surface area contributed by atoms with Crippen molar-refractivity contribution in [2.24, 2.45) is 5.92 Å². The lowest BCUT2D eigenvalue weighted by atomic mass is 9.83. The average molecular weight is 444 g/mol. The molecule has 176 valence electrons. The van der Waals surface area contributed by atoms with Gasteiger partial charge in [0.1, 0.15) is 36.6 Å². The first-order valence-corrected chi connectivity index (χ1v) is 10.5. The van der Waals surface area contributed by atoms with Gasteiger partial charge in [0.25, 0.3) is 0 Å². The van der Waals surface area contributed by atoms with Crippen molar-refractivity contribution in [2.75, 3.05) is 19.8 Å². The minimum absolute atomic E-state index is 0.0669. The fourth-order valence-corrected chi connectivity index (χ4v) is 4.25. The molecule has 10 nitrogen and oxygen atoms in total. The van der Waals surface area contributed by atoms with Crippen molar-refractivity contribution in [1.29, 1.82) is 0 Å².